The van der Waals surface area contributed by atoms with E-state index in [9.17, 15) is 5.11 Å². The summed E-state index contributed by atoms with van der Waals surface area (Å²) in [5, 5.41) is 12.8. The number of aryl methyl sites for hydroxylation is 2. The van der Waals surface area contributed by atoms with Crippen LogP contribution in [0.15, 0.2) is 4.42 Å². The standard InChI is InChI=1S/C15H27N3O2/c1-11(19)10-18-6-4-14(5-7-18)8-16-9-15-17-12(2)13(3)20-15/h11,14,16,19H,4-10H2,1-3H3. The van der Waals surface area contributed by atoms with Crippen LogP contribution in [0.5, 0.6) is 0 Å². The SMILES string of the molecule is Cc1nc(CNCC2CCN(CC(C)O)CC2)oc1C. The maximum Gasteiger partial charge on any atom is 0.208 e. The molecule has 2 heterocycles. The highest BCUT2D eigenvalue weighted by Crippen LogP contribution is 2.16. The van der Waals surface area contributed by atoms with Crippen molar-refractivity contribution in [2.24, 2.45) is 5.92 Å². The first-order chi connectivity index (χ1) is 9.54. The van der Waals surface area contributed by atoms with Gasteiger partial charge in [0.2, 0.25) is 5.89 Å². The molecule has 1 aliphatic rings. The molecular weight excluding hydrogens is 254 g/mol. The van der Waals surface area contributed by atoms with Gasteiger partial charge < -0.3 is 19.7 Å². The minimum Gasteiger partial charge on any atom is -0.444 e. The van der Waals surface area contributed by atoms with E-state index in [-0.39, 0.29) is 6.10 Å². The van der Waals surface area contributed by atoms with Gasteiger partial charge in [0.15, 0.2) is 0 Å². The molecule has 0 saturated carbocycles. The number of aliphatic hydroxyl groups is 1. The molecule has 5 heteroatoms. The first-order valence-corrected chi connectivity index (χ1v) is 7.58. The van der Waals surface area contributed by atoms with Crippen LogP contribution in [0, 0.1) is 19.8 Å². The van der Waals surface area contributed by atoms with Crippen molar-refractivity contribution in [1.29, 1.82) is 0 Å². The van der Waals surface area contributed by atoms with E-state index in [1.165, 1.54) is 12.8 Å². The molecule has 2 rings (SSSR count). The number of aromatic nitrogens is 1. The lowest BCUT2D eigenvalue weighted by Gasteiger charge is -2.32. The molecule has 0 radical (unpaired) electrons. The Kier molecular flexibility index (Phi) is 5.57. The van der Waals surface area contributed by atoms with Gasteiger partial charge >= 0.3 is 0 Å². The summed E-state index contributed by atoms with van der Waals surface area (Å²) in [7, 11) is 0. The Hall–Kier alpha value is -0.910. The van der Waals surface area contributed by atoms with Gasteiger partial charge in [0, 0.05) is 6.54 Å². The van der Waals surface area contributed by atoms with Gasteiger partial charge in [-0.3, -0.25) is 0 Å². The Labute approximate surface area is 121 Å². The van der Waals surface area contributed by atoms with Crippen LogP contribution in [0.3, 0.4) is 0 Å². The zero-order valence-corrected chi connectivity index (χ0v) is 12.9. The van der Waals surface area contributed by atoms with E-state index in [0.29, 0.717) is 6.54 Å². The fourth-order valence-corrected chi connectivity index (χ4v) is 2.74. The van der Waals surface area contributed by atoms with E-state index < -0.39 is 0 Å². The number of rotatable bonds is 6. The molecule has 5 nitrogen and oxygen atoms in total. The number of β-amino-alcohol motifs (C(OH)–C–C–N with tert-alkyl or cyclic N) is 1. The molecule has 1 unspecified atom stereocenters. The van der Waals surface area contributed by atoms with Crippen molar-refractivity contribution < 1.29 is 9.52 Å². The zero-order valence-electron chi connectivity index (χ0n) is 12.9. The molecule has 1 fully saturated rings. The van der Waals surface area contributed by atoms with E-state index in [0.717, 1.165) is 49.4 Å². The second-order valence-electron chi connectivity index (χ2n) is 5.97. The number of aliphatic hydroxyl groups excluding tert-OH is 1. The maximum absolute atomic E-state index is 9.39. The quantitative estimate of drug-likeness (QED) is 0.827. The number of piperidine rings is 1. The Bertz CT molecular complexity index is 390. The molecule has 1 atom stereocenters. The van der Waals surface area contributed by atoms with Crippen molar-refractivity contribution in [3.8, 4) is 0 Å². The summed E-state index contributed by atoms with van der Waals surface area (Å²) in [4.78, 5) is 6.72. The van der Waals surface area contributed by atoms with Crippen molar-refractivity contribution in [3.05, 3.63) is 17.3 Å². The lowest BCUT2D eigenvalue weighted by atomic mass is 9.96. The molecule has 1 saturated heterocycles. The topological polar surface area (TPSA) is 61.5 Å². The van der Waals surface area contributed by atoms with E-state index >= 15 is 0 Å². The van der Waals surface area contributed by atoms with Crippen molar-refractivity contribution in [1.82, 2.24) is 15.2 Å². The predicted molar refractivity (Wildman–Crippen MR) is 78.5 cm³/mol. The molecule has 114 valence electrons. The van der Waals surface area contributed by atoms with E-state index in [1.807, 2.05) is 20.8 Å². The minimum atomic E-state index is -0.221. The summed E-state index contributed by atoms with van der Waals surface area (Å²) < 4.78 is 5.55. The van der Waals surface area contributed by atoms with Crippen LogP contribution in [-0.4, -0.2) is 47.3 Å². The molecule has 1 aromatic heterocycles. The molecule has 0 amide bonds. The van der Waals surface area contributed by atoms with E-state index in [4.69, 9.17) is 4.42 Å². The number of hydrogen-bond acceptors (Lipinski definition) is 5. The van der Waals surface area contributed by atoms with Gasteiger partial charge in [-0.05, 0) is 59.2 Å². The first kappa shape index (κ1) is 15.5. The van der Waals surface area contributed by atoms with Crippen LogP contribution in [0.25, 0.3) is 0 Å². The second-order valence-corrected chi connectivity index (χ2v) is 5.97. The summed E-state index contributed by atoms with van der Waals surface area (Å²) in [5.74, 6) is 2.41. The van der Waals surface area contributed by atoms with Gasteiger partial charge in [-0.1, -0.05) is 0 Å². The van der Waals surface area contributed by atoms with E-state index in [2.05, 4.69) is 15.2 Å². The molecule has 1 aliphatic heterocycles. The first-order valence-electron chi connectivity index (χ1n) is 7.58. The Morgan fingerprint density at radius 1 is 1.40 bits per heavy atom. The fourth-order valence-electron chi connectivity index (χ4n) is 2.74. The van der Waals surface area contributed by atoms with Gasteiger partial charge in [0.25, 0.3) is 0 Å². The molecule has 2 N–H and O–H groups in total. The number of oxazole rings is 1. The van der Waals surface area contributed by atoms with Gasteiger partial charge in [0.1, 0.15) is 5.76 Å². The summed E-state index contributed by atoms with van der Waals surface area (Å²) >= 11 is 0. The summed E-state index contributed by atoms with van der Waals surface area (Å²) in [6.07, 6.45) is 2.17. The largest absolute Gasteiger partial charge is 0.444 e. The average Bonchev–Trinajstić information content (AvgIpc) is 2.70. The Morgan fingerprint density at radius 2 is 2.10 bits per heavy atom. The zero-order chi connectivity index (χ0) is 14.5. The summed E-state index contributed by atoms with van der Waals surface area (Å²) in [6, 6.07) is 0. The molecule has 0 bridgehead atoms. The lowest BCUT2D eigenvalue weighted by molar-refractivity contribution is 0.0997. The van der Waals surface area contributed by atoms with Crippen LogP contribution in [0.4, 0.5) is 0 Å². The molecule has 0 aromatic carbocycles. The van der Waals surface area contributed by atoms with Gasteiger partial charge in [-0.2, -0.15) is 0 Å². The smallest absolute Gasteiger partial charge is 0.208 e. The number of nitrogens with zero attached hydrogens (tertiary/aromatic N) is 2. The third-order valence-corrected chi connectivity index (χ3v) is 4.01. The third kappa shape index (κ3) is 4.58. The molecule has 0 spiro atoms. The van der Waals surface area contributed by atoms with Crippen LogP contribution >= 0.6 is 0 Å². The highest BCUT2D eigenvalue weighted by atomic mass is 16.4. The van der Waals surface area contributed by atoms with Crippen molar-refractivity contribution in [2.45, 2.75) is 46.3 Å². The second kappa shape index (κ2) is 7.20. The minimum absolute atomic E-state index is 0.221. The maximum atomic E-state index is 9.39. The van der Waals surface area contributed by atoms with Gasteiger partial charge in [-0.25, -0.2) is 4.98 Å². The van der Waals surface area contributed by atoms with Crippen molar-refractivity contribution >= 4 is 0 Å². The monoisotopic (exact) mass is 281 g/mol. The highest BCUT2D eigenvalue weighted by molar-refractivity contribution is 5.05. The molecule has 0 aliphatic carbocycles. The van der Waals surface area contributed by atoms with Crippen LogP contribution < -0.4 is 5.32 Å². The van der Waals surface area contributed by atoms with Gasteiger partial charge in [0.05, 0.1) is 18.3 Å². The lowest BCUT2D eigenvalue weighted by Crippen LogP contribution is -2.40. The highest BCUT2D eigenvalue weighted by Gasteiger charge is 2.19. The number of nitrogens with one attached hydrogen (secondary N) is 1. The van der Waals surface area contributed by atoms with Crippen LogP contribution in [-0.2, 0) is 6.54 Å². The van der Waals surface area contributed by atoms with Crippen LogP contribution in [0.2, 0.25) is 0 Å². The van der Waals surface area contributed by atoms with Crippen molar-refractivity contribution in [3.63, 3.8) is 0 Å². The normalized spacial score (nSPS) is 19.4. The summed E-state index contributed by atoms with van der Waals surface area (Å²) in [5.41, 5.74) is 0.980. The Morgan fingerprint density at radius 3 is 2.65 bits per heavy atom. The number of likely N-dealkylation sites (tertiary alicyclic amines) is 1. The fraction of sp³-hybridized carbons (Fsp3) is 0.800. The van der Waals surface area contributed by atoms with Crippen molar-refractivity contribution in [2.75, 3.05) is 26.2 Å². The number of hydrogen-bond donors (Lipinski definition) is 2. The van der Waals surface area contributed by atoms with E-state index in [1.54, 1.807) is 0 Å². The predicted octanol–water partition coefficient (Wildman–Crippen LogP) is 1.47. The summed E-state index contributed by atoms with van der Waals surface area (Å²) in [6.45, 7) is 10.5. The molecular formula is C15H27N3O2. The molecule has 1 aromatic rings. The third-order valence-electron chi connectivity index (χ3n) is 4.01. The Balaban J connectivity index is 1.64. The van der Waals surface area contributed by atoms with Gasteiger partial charge in [-0.15, -0.1) is 0 Å². The molecule has 20 heavy (non-hydrogen) atoms. The van der Waals surface area contributed by atoms with Crippen LogP contribution in [0.1, 0.15) is 37.1 Å². The average molecular weight is 281 g/mol.